The van der Waals surface area contributed by atoms with Crippen LogP contribution in [0.2, 0.25) is 0 Å². The van der Waals surface area contributed by atoms with Gasteiger partial charge in [-0.1, -0.05) is 42.5 Å². The number of methoxy groups -OCH3 is 1. The summed E-state index contributed by atoms with van der Waals surface area (Å²) in [4.78, 5) is 12.5. The van der Waals surface area contributed by atoms with Gasteiger partial charge in [-0.3, -0.25) is 4.79 Å². The number of rotatable bonds is 8. The van der Waals surface area contributed by atoms with E-state index in [1.54, 1.807) is 16.8 Å². The van der Waals surface area contributed by atoms with Crippen molar-refractivity contribution in [3.63, 3.8) is 0 Å². The van der Waals surface area contributed by atoms with Crippen molar-refractivity contribution >= 4 is 5.91 Å². The molecule has 0 bridgehead atoms. The molecule has 1 amide bonds. The molecule has 0 saturated heterocycles. The summed E-state index contributed by atoms with van der Waals surface area (Å²) in [6, 6.07) is 13.0. The molecule has 0 atom stereocenters. The number of nitrogens with one attached hydrogen (secondary N) is 1. The van der Waals surface area contributed by atoms with E-state index in [-0.39, 0.29) is 11.7 Å². The average molecular weight is 396 g/mol. The van der Waals surface area contributed by atoms with Crippen LogP contribution in [0.4, 0.5) is 4.39 Å². The Bertz CT molecular complexity index is 983. The van der Waals surface area contributed by atoms with E-state index >= 15 is 0 Å². The number of aromatic nitrogens is 3. The van der Waals surface area contributed by atoms with Gasteiger partial charge in [-0.15, -0.1) is 5.10 Å². The Balaban J connectivity index is 1.58. The predicted molar refractivity (Wildman–Crippen MR) is 109 cm³/mol. The lowest BCUT2D eigenvalue weighted by molar-refractivity contribution is 0.0948. The van der Waals surface area contributed by atoms with Crippen molar-refractivity contribution in [1.82, 2.24) is 20.3 Å². The second-order valence-corrected chi connectivity index (χ2v) is 6.83. The number of nitrogens with zero attached hydrogens (tertiary/aromatic N) is 3. The molecule has 6 nitrogen and oxygen atoms in total. The van der Waals surface area contributed by atoms with E-state index in [1.165, 1.54) is 18.7 Å². The number of carbonyl (C=O) groups is 1. The van der Waals surface area contributed by atoms with Crippen LogP contribution in [0.5, 0.6) is 5.75 Å². The normalized spacial score (nSPS) is 10.8. The van der Waals surface area contributed by atoms with Crippen LogP contribution in [0.3, 0.4) is 0 Å². The fourth-order valence-electron chi connectivity index (χ4n) is 3.04. The predicted octanol–water partition coefficient (Wildman–Crippen LogP) is 3.32. The zero-order chi connectivity index (χ0) is 20.8. The lowest BCUT2D eigenvalue weighted by Gasteiger charge is -2.07. The number of hydrogen-bond donors (Lipinski definition) is 1. The molecule has 0 fully saturated rings. The number of hydrogen-bond acceptors (Lipinski definition) is 4. The molecule has 0 radical (unpaired) electrons. The molecule has 0 aliphatic rings. The van der Waals surface area contributed by atoms with Crippen LogP contribution < -0.4 is 10.1 Å². The number of ether oxygens (including phenoxy) is 1. The van der Waals surface area contributed by atoms with E-state index in [0.29, 0.717) is 30.9 Å². The van der Waals surface area contributed by atoms with E-state index in [9.17, 15) is 9.18 Å². The van der Waals surface area contributed by atoms with Gasteiger partial charge in [0.05, 0.1) is 19.3 Å². The monoisotopic (exact) mass is 396 g/mol. The molecular weight excluding hydrogens is 371 g/mol. The van der Waals surface area contributed by atoms with Crippen molar-refractivity contribution in [1.29, 1.82) is 0 Å². The van der Waals surface area contributed by atoms with Crippen molar-refractivity contribution in [2.75, 3.05) is 13.7 Å². The standard InChI is InChI=1S/C22H25FN4O2/c1-4-16-5-7-18(8-6-16)14-27-15(2)21(25-26-27)22(28)24-12-11-17-9-10-19(23)20(13-17)29-3/h5-10,13H,4,11-12,14H2,1-3H3,(H,24,28). The Labute approximate surface area is 169 Å². The van der Waals surface area contributed by atoms with Gasteiger partial charge in [0.2, 0.25) is 0 Å². The van der Waals surface area contributed by atoms with Gasteiger partial charge in [-0.2, -0.15) is 0 Å². The largest absolute Gasteiger partial charge is 0.494 e. The summed E-state index contributed by atoms with van der Waals surface area (Å²) >= 11 is 0. The third-order valence-corrected chi connectivity index (χ3v) is 4.88. The highest BCUT2D eigenvalue weighted by atomic mass is 19.1. The lowest BCUT2D eigenvalue weighted by atomic mass is 10.1. The van der Waals surface area contributed by atoms with Gasteiger partial charge in [-0.25, -0.2) is 9.07 Å². The molecule has 1 aromatic heterocycles. The zero-order valence-electron chi connectivity index (χ0n) is 16.9. The fraction of sp³-hybridized carbons (Fsp3) is 0.318. The van der Waals surface area contributed by atoms with E-state index in [4.69, 9.17) is 4.74 Å². The summed E-state index contributed by atoms with van der Waals surface area (Å²) < 4.78 is 20.2. The summed E-state index contributed by atoms with van der Waals surface area (Å²) in [5.41, 5.74) is 4.28. The lowest BCUT2D eigenvalue weighted by Crippen LogP contribution is -2.26. The molecule has 0 aliphatic carbocycles. The summed E-state index contributed by atoms with van der Waals surface area (Å²) in [6.07, 6.45) is 1.55. The maximum Gasteiger partial charge on any atom is 0.273 e. The van der Waals surface area contributed by atoms with Gasteiger partial charge < -0.3 is 10.1 Å². The van der Waals surface area contributed by atoms with Crippen molar-refractivity contribution in [2.45, 2.75) is 33.2 Å². The summed E-state index contributed by atoms with van der Waals surface area (Å²) in [7, 11) is 1.42. The average Bonchev–Trinajstić information content (AvgIpc) is 3.10. The number of amides is 1. The first kappa shape index (κ1) is 20.5. The second kappa shape index (κ2) is 9.32. The van der Waals surface area contributed by atoms with Crippen LogP contribution in [-0.4, -0.2) is 34.6 Å². The van der Waals surface area contributed by atoms with Crippen molar-refractivity contribution in [2.24, 2.45) is 0 Å². The third kappa shape index (κ3) is 4.99. The Hall–Kier alpha value is -3.22. The molecule has 3 rings (SSSR count). The number of aryl methyl sites for hydroxylation is 1. The molecule has 0 saturated carbocycles. The number of halogens is 1. The maximum atomic E-state index is 13.5. The Morgan fingerprint density at radius 2 is 1.83 bits per heavy atom. The SMILES string of the molecule is CCc1ccc(Cn2nnc(C(=O)NCCc3ccc(F)c(OC)c3)c2C)cc1. The van der Waals surface area contributed by atoms with E-state index in [2.05, 4.69) is 46.8 Å². The molecule has 0 unspecified atom stereocenters. The van der Waals surface area contributed by atoms with Gasteiger partial charge in [0.25, 0.3) is 5.91 Å². The first-order valence-corrected chi connectivity index (χ1v) is 9.60. The molecule has 1 heterocycles. The van der Waals surface area contributed by atoms with E-state index in [0.717, 1.165) is 17.5 Å². The van der Waals surface area contributed by atoms with Gasteiger partial charge in [0, 0.05) is 6.54 Å². The highest BCUT2D eigenvalue weighted by Gasteiger charge is 2.16. The molecule has 1 N–H and O–H groups in total. The minimum Gasteiger partial charge on any atom is -0.494 e. The first-order valence-electron chi connectivity index (χ1n) is 9.60. The van der Waals surface area contributed by atoms with Crippen molar-refractivity contribution < 1.29 is 13.9 Å². The van der Waals surface area contributed by atoms with Gasteiger partial charge >= 0.3 is 0 Å². The minimum atomic E-state index is -0.406. The van der Waals surface area contributed by atoms with Crippen molar-refractivity contribution in [3.05, 3.63) is 76.4 Å². The summed E-state index contributed by atoms with van der Waals surface area (Å²) in [5.74, 6) is -0.486. The Kier molecular flexibility index (Phi) is 6.59. The number of carbonyl (C=O) groups excluding carboxylic acids is 1. The smallest absolute Gasteiger partial charge is 0.273 e. The summed E-state index contributed by atoms with van der Waals surface area (Å²) in [6.45, 7) is 4.91. The first-order chi connectivity index (χ1) is 14.0. The third-order valence-electron chi connectivity index (χ3n) is 4.88. The topological polar surface area (TPSA) is 69.0 Å². The number of benzene rings is 2. The van der Waals surface area contributed by atoms with Crippen LogP contribution in [0, 0.1) is 12.7 Å². The molecule has 2 aromatic carbocycles. The highest BCUT2D eigenvalue weighted by Crippen LogP contribution is 2.18. The molecule has 7 heteroatoms. The molecule has 152 valence electrons. The molecular formula is C22H25FN4O2. The Morgan fingerprint density at radius 3 is 2.52 bits per heavy atom. The van der Waals surface area contributed by atoms with Crippen LogP contribution in [0.15, 0.2) is 42.5 Å². The van der Waals surface area contributed by atoms with E-state index in [1.807, 2.05) is 6.92 Å². The molecule has 0 aliphatic heterocycles. The molecule has 29 heavy (non-hydrogen) atoms. The van der Waals surface area contributed by atoms with Crippen molar-refractivity contribution in [3.8, 4) is 5.75 Å². The van der Waals surface area contributed by atoms with Gasteiger partial charge in [0.15, 0.2) is 17.3 Å². The highest BCUT2D eigenvalue weighted by molar-refractivity contribution is 5.93. The molecule has 0 spiro atoms. The van der Waals surface area contributed by atoms with Crippen LogP contribution in [0.25, 0.3) is 0 Å². The quantitative estimate of drug-likeness (QED) is 0.634. The van der Waals surface area contributed by atoms with Gasteiger partial charge in [0.1, 0.15) is 0 Å². The van der Waals surface area contributed by atoms with E-state index < -0.39 is 5.82 Å². The zero-order valence-corrected chi connectivity index (χ0v) is 16.9. The minimum absolute atomic E-state index is 0.194. The fourth-order valence-corrected chi connectivity index (χ4v) is 3.04. The van der Waals surface area contributed by atoms with Crippen LogP contribution in [-0.2, 0) is 19.4 Å². The Morgan fingerprint density at radius 1 is 1.14 bits per heavy atom. The van der Waals surface area contributed by atoms with Gasteiger partial charge in [-0.05, 0) is 48.6 Å². The molecule has 3 aromatic rings. The van der Waals surface area contributed by atoms with Crippen LogP contribution in [0.1, 0.15) is 39.8 Å². The van der Waals surface area contributed by atoms with Crippen LogP contribution >= 0.6 is 0 Å². The maximum absolute atomic E-state index is 13.5. The second-order valence-electron chi connectivity index (χ2n) is 6.83. The summed E-state index contributed by atoms with van der Waals surface area (Å²) in [5, 5.41) is 11.0.